The first-order valence-electron chi connectivity index (χ1n) is 11.0. The molecule has 0 saturated heterocycles. The summed E-state index contributed by atoms with van der Waals surface area (Å²) in [5.74, 6) is -0.368. The molecule has 2 heterocycles. The van der Waals surface area contributed by atoms with E-state index in [1.54, 1.807) is 11.9 Å². The second-order valence-corrected chi connectivity index (χ2v) is 8.41. The highest BCUT2D eigenvalue weighted by Crippen LogP contribution is 2.22. The van der Waals surface area contributed by atoms with E-state index in [4.69, 9.17) is 0 Å². The van der Waals surface area contributed by atoms with Crippen molar-refractivity contribution in [2.75, 3.05) is 7.05 Å². The largest absolute Gasteiger partial charge is 0.361 e. The van der Waals surface area contributed by atoms with Gasteiger partial charge in [-0.1, -0.05) is 36.4 Å². The van der Waals surface area contributed by atoms with Crippen molar-refractivity contribution < 1.29 is 9.59 Å². The van der Waals surface area contributed by atoms with Gasteiger partial charge in [0.15, 0.2) is 0 Å². The van der Waals surface area contributed by atoms with E-state index in [1.165, 1.54) is 6.92 Å². The highest BCUT2D eigenvalue weighted by atomic mass is 16.2. The van der Waals surface area contributed by atoms with E-state index in [2.05, 4.69) is 15.4 Å². The molecule has 7 heteroatoms. The van der Waals surface area contributed by atoms with Crippen LogP contribution in [-0.4, -0.2) is 44.6 Å². The summed E-state index contributed by atoms with van der Waals surface area (Å²) in [6.07, 6.45) is 2.32. The molecule has 0 saturated carbocycles. The molecular formula is C26H29N5O2. The monoisotopic (exact) mass is 443 g/mol. The predicted molar refractivity (Wildman–Crippen MR) is 129 cm³/mol. The van der Waals surface area contributed by atoms with Crippen LogP contribution in [0.3, 0.4) is 0 Å². The summed E-state index contributed by atoms with van der Waals surface area (Å²) in [5.41, 5.74) is 5.86. The number of rotatable bonds is 7. The minimum absolute atomic E-state index is 0.137. The topological polar surface area (TPSA) is 83.0 Å². The lowest BCUT2D eigenvalue weighted by Crippen LogP contribution is -2.47. The second-order valence-electron chi connectivity index (χ2n) is 8.41. The highest BCUT2D eigenvalue weighted by Gasteiger charge is 2.26. The van der Waals surface area contributed by atoms with Gasteiger partial charge in [-0.25, -0.2) is 4.68 Å². The smallest absolute Gasteiger partial charge is 0.245 e. The van der Waals surface area contributed by atoms with Crippen molar-refractivity contribution in [1.29, 1.82) is 0 Å². The molecule has 0 aliphatic heterocycles. The molecule has 170 valence electrons. The molecule has 2 aromatic heterocycles. The van der Waals surface area contributed by atoms with Crippen LogP contribution in [0.2, 0.25) is 0 Å². The maximum Gasteiger partial charge on any atom is 0.245 e. The quantitative estimate of drug-likeness (QED) is 0.457. The van der Waals surface area contributed by atoms with Crippen LogP contribution >= 0.6 is 0 Å². The molecule has 7 nitrogen and oxygen atoms in total. The molecule has 0 aliphatic rings. The lowest BCUT2D eigenvalue weighted by molar-refractivity contribution is -0.135. The van der Waals surface area contributed by atoms with Gasteiger partial charge in [0.05, 0.1) is 11.4 Å². The Morgan fingerprint density at radius 2 is 1.79 bits per heavy atom. The molecule has 4 aromatic rings. The van der Waals surface area contributed by atoms with Crippen molar-refractivity contribution in [3.8, 4) is 5.69 Å². The van der Waals surface area contributed by atoms with Crippen LogP contribution in [0.25, 0.3) is 16.6 Å². The Morgan fingerprint density at radius 1 is 1.09 bits per heavy atom. The third-order valence-electron chi connectivity index (χ3n) is 5.99. The van der Waals surface area contributed by atoms with Gasteiger partial charge in [0, 0.05) is 55.3 Å². The summed E-state index contributed by atoms with van der Waals surface area (Å²) >= 11 is 0. The van der Waals surface area contributed by atoms with Crippen LogP contribution in [-0.2, 0) is 22.6 Å². The van der Waals surface area contributed by atoms with Crippen molar-refractivity contribution >= 4 is 22.7 Å². The third kappa shape index (κ3) is 4.67. The van der Waals surface area contributed by atoms with E-state index in [-0.39, 0.29) is 11.8 Å². The van der Waals surface area contributed by atoms with Crippen LogP contribution in [0.5, 0.6) is 0 Å². The molecule has 0 aliphatic carbocycles. The number of benzene rings is 2. The molecule has 2 amide bonds. The third-order valence-corrected chi connectivity index (χ3v) is 5.99. The molecule has 0 spiro atoms. The number of likely N-dealkylation sites (N-methyl/N-ethyl adjacent to an activating group) is 1. The van der Waals surface area contributed by atoms with E-state index < -0.39 is 6.04 Å². The normalized spacial score (nSPS) is 12.0. The summed E-state index contributed by atoms with van der Waals surface area (Å²) in [7, 11) is 1.77. The summed E-state index contributed by atoms with van der Waals surface area (Å²) in [6, 6.07) is 17.2. The second kappa shape index (κ2) is 9.32. The van der Waals surface area contributed by atoms with E-state index >= 15 is 0 Å². The summed E-state index contributed by atoms with van der Waals surface area (Å²) < 4.78 is 1.90. The number of aromatic amines is 1. The minimum atomic E-state index is -0.656. The van der Waals surface area contributed by atoms with Gasteiger partial charge in [-0.05, 0) is 37.6 Å². The zero-order valence-corrected chi connectivity index (χ0v) is 19.4. The van der Waals surface area contributed by atoms with Gasteiger partial charge in [-0.15, -0.1) is 0 Å². The lowest BCUT2D eigenvalue weighted by atomic mass is 10.0. The van der Waals surface area contributed by atoms with Gasteiger partial charge in [0.25, 0.3) is 0 Å². The van der Waals surface area contributed by atoms with Crippen LogP contribution in [0.15, 0.2) is 60.8 Å². The summed E-state index contributed by atoms with van der Waals surface area (Å²) in [4.78, 5) is 30.2. The van der Waals surface area contributed by atoms with Crippen LogP contribution < -0.4 is 5.32 Å². The van der Waals surface area contributed by atoms with E-state index in [9.17, 15) is 9.59 Å². The van der Waals surface area contributed by atoms with Crippen molar-refractivity contribution in [2.24, 2.45) is 0 Å². The van der Waals surface area contributed by atoms with Crippen molar-refractivity contribution in [1.82, 2.24) is 25.0 Å². The first-order chi connectivity index (χ1) is 15.8. The first kappa shape index (κ1) is 22.3. The molecule has 1 atom stereocenters. The number of H-pyrrole nitrogens is 1. The molecule has 0 radical (unpaired) electrons. The average Bonchev–Trinajstić information content (AvgIpc) is 3.34. The first-order valence-corrected chi connectivity index (χ1v) is 11.0. The maximum absolute atomic E-state index is 13.4. The SMILES string of the molecule is CC(=O)N[C@@H](Cc1c[nH]c2ccccc12)C(=O)N(C)Cc1c(C)nn(-c2ccccc2)c1C. The van der Waals surface area contributed by atoms with Gasteiger partial charge in [0.2, 0.25) is 11.8 Å². The Labute approximate surface area is 193 Å². The Bertz CT molecular complexity index is 1290. The fourth-order valence-corrected chi connectivity index (χ4v) is 4.27. The van der Waals surface area contributed by atoms with E-state index in [1.807, 2.05) is 79.3 Å². The number of carbonyl (C=O) groups excluding carboxylic acids is 2. The fourth-order valence-electron chi connectivity index (χ4n) is 4.27. The van der Waals surface area contributed by atoms with E-state index in [0.717, 1.165) is 39.1 Å². The number of hydrogen-bond acceptors (Lipinski definition) is 3. The molecule has 2 aromatic carbocycles. The summed E-state index contributed by atoms with van der Waals surface area (Å²) in [6.45, 7) is 5.82. The molecule has 2 N–H and O–H groups in total. The molecule has 0 bridgehead atoms. The molecule has 0 fully saturated rings. The number of para-hydroxylation sites is 2. The highest BCUT2D eigenvalue weighted by molar-refractivity contribution is 5.89. The Kier molecular flexibility index (Phi) is 6.31. The fraction of sp³-hybridized carbons (Fsp3) is 0.269. The van der Waals surface area contributed by atoms with Crippen molar-refractivity contribution in [2.45, 2.75) is 39.8 Å². The van der Waals surface area contributed by atoms with Gasteiger partial charge >= 0.3 is 0 Å². The average molecular weight is 444 g/mol. The van der Waals surface area contributed by atoms with Crippen molar-refractivity contribution in [3.05, 3.63) is 83.3 Å². The lowest BCUT2D eigenvalue weighted by Gasteiger charge is -2.24. The zero-order chi connectivity index (χ0) is 23.5. The van der Waals surface area contributed by atoms with E-state index in [0.29, 0.717) is 13.0 Å². The standard InChI is InChI=1S/C26H29N5O2/c1-17-23(18(2)31(29-17)21-10-6-5-7-11-21)16-30(4)26(33)25(28-19(3)32)14-20-15-27-24-13-9-8-12-22(20)24/h5-13,15,25,27H,14,16H2,1-4H3,(H,28,32)/t25-/m0/s1. The summed E-state index contributed by atoms with van der Waals surface area (Å²) in [5, 5.41) is 8.59. The predicted octanol–water partition coefficient (Wildman–Crippen LogP) is 3.68. The number of aromatic nitrogens is 3. The number of fused-ring (bicyclic) bond motifs is 1. The Morgan fingerprint density at radius 3 is 2.52 bits per heavy atom. The minimum Gasteiger partial charge on any atom is -0.361 e. The Balaban J connectivity index is 1.56. The number of carbonyl (C=O) groups is 2. The van der Waals surface area contributed by atoms with Gasteiger partial charge in [-0.2, -0.15) is 5.10 Å². The number of nitrogens with one attached hydrogen (secondary N) is 2. The van der Waals surface area contributed by atoms with Crippen LogP contribution in [0, 0.1) is 13.8 Å². The maximum atomic E-state index is 13.4. The number of nitrogens with zero attached hydrogens (tertiary/aromatic N) is 3. The molecule has 33 heavy (non-hydrogen) atoms. The number of aryl methyl sites for hydroxylation is 1. The number of hydrogen-bond donors (Lipinski definition) is 2. The van der Waals surface area contributed by atoms with Gasteiger partial charge in [-0.3, -0.25) is 9.59 Å². The molecular weight excluding hydrogens is 414 g/mol. The number of amides is 2. The van der Waals surface area contributed by atoms with Crippen molar-refractivity contribution in [3.63, 3.8) is 0 Å². The Hall–Kier alpha value is -3.87. The van der Waals surface area contributed by atoms with Crippen LogP contribution in [0.4, 0.5) is 0 Å². The molecule has 4 rings (SSSR count). The van der Waals surface area contributed by atoms with Crippen LogP contribution in [0.1, 0.15) is 29.4 Å². The molecule has 0 unspecified atom stereocenters. The zero-order valence-electron chi connectivity index (χ0n) is 19.4. The van der Waals surface area contributed by atoms with Gasteiger partial charge in [0.1, 0.15) is 6.04 Å². The van der Waals surface area contributed by atoms with Gasteiger partial charge < -0.3 is 15.2 Å².